The van der Waals surface area contributed by atoms with Crippen molar-refractivity contribution >= 4 is 0 Å². The van der Waals surface area contributed by atoms with Crippen LogP contribution in [0.1, 0.15) is 38.5 Å². The monoisotopic (exact) mass is 247 g/mol. The summed E-state index contributed by atoms with van der Waals surface area (Å²) in [6.45, 7) is 5.03. The Labute approximate surface area is 106 Å². The maximum atomic E-state index is 8.09. The maximum absolute atomic E-state index is 8.09. The van der Waals surface area contributed by atoms with Crippen molar-refractivity contribution in [3.05, 3.63) is 0 Å². The minimum Gasteiger partial charge on any atom is -0.396 e. The summed E-state index contributed by atoms with van der Waals surface area (Å²) < 4.78 is 4.94. The minimum atomic E-state index is 0.195. The summed E-state index contributed by atoms with van der Waals surface area (Å²) in [5, 5.41) is 16.2. The van der Waals surface area contributed by atoms with E-state index in [-0.39, 0.29) is 13.2 Å². The Morgan fingerprint density at radius 3 is 1.53 bits per heavy atom. The van der Waals surface area contributed by atoms with Gasteiger partial charge in [-0.15, -0.1) is 0 Å². The van der Waals surface area contributed by atoms with Gasteiger partial charge >= 0.3 is 0 Å². The lowest BCUT2D eigenvalue weighted by Crippen LogP contribution is -2.10. The van der Waals surface area contributed by atoms with E-state index in [0.29, 0.717) is 0 Å². The first-order valence-electron chi connectivity index (χ1n) is 6.79. The first kappa shape index (κ1) is 16.8. The summed E-state index contributed by atoms with van der Waals surface area (Å²) in [5.74, 6) is 0. The lowest BCUT2D eigenvalue weighted by Gasteiger charge is -2.01. The van der Waals surface area contributed by atoms with Crippen LogP contribution >= 0.6 is 0 Å². The van der Waals surface area contributed by atoms with E-state index in [2.05, 4.69) is 11.9 Å². The second-order valence-corrected chi connectivity index (χ2v) is 4.48. The Morgan fingerprint density at radius 2 is 1.35 bits per heavy atom. The summed E-state index contributed by atoms with van der Waals surface area (Å²) in [6.07, 6.45) is 6.82. The van der Waals surface area contributed by atoms with E-state index < -0.39 is 0 Å². The molecule has 2 fully saturated rings. The van der Waals surface area contributed by atoms with Gasteiger partial charge in [-0.3, -0.25) is 0 Å². The van der Waals surface area contributed by atoms with E-state index in [1.807, 2.05) is 0 Å². The molecule has 0 aromatic carbocycles. The molecule has 0 unspecified atom stereocenters. The topological polar surface area (TPSA) is 52.9 Å². The molecule has 17 heavy (non-hydrogen) atoms. The van der Waals surface area contributed by atoms with Gasteiger partial charge in [0, 0.05) is 26.4 Å². The number of aliphatic hydroxyl groups is 2. The molecule has 0 radical (unpaired) electrons. The Bertz CT molecular complexity index is 123. The van der Waals surface area contributed by atoms with Crippen molar-refractivity contribution < 1.29 is 14.9 Å². The highest BCUT2D eigenvalue weighted by Gasteiger charge is 2.03. The van der Waals surface area contributed by atoms with Crippen molar-refractivity contribution in [1.29, 1.82) is 0 Å². The molecule has 2 aliphatic rings. The van der Waals surface area contributed by atoms with Gasteiger partial charge in [-0.2, -0.15) is 0 Å². The summed E-state index contributed by atoms with van der Waals surface area (Å²) in [7, 11) is 2.17. The highest BCUT2D eigenvalue weighted by molar-refractivity contribution is 4.59. The van der Waals surface area contributed by atoms with Gasteiger partial charge in [-0.05, 0) is 58.7 Å². The van der Waals surface area contributed by atoms with Crippen molar-refractivity contribution in [1.82, 2.24) is 4.90 Å². The fourth-order valence-corrected chi connectivity index (χ4v) is 1.61. The minimum absolute atomic E-state index is 0.195. The molecule has 2 saturated heterocycles. The Kier molecular flexibility index (Phi) is 13.8. The van der Waals surface area contributed by atoms with Crippen LogP contribution in [0.15, 0.2) is 0 Å². The van der Waals surface area contributed by atoms with Gasteiger partial charge in [0.25, 0.3) is 0 Å². The van der Waals surface area contributed by atoms with Crippen LogP contribution in [0.5, 0.6) is 0 Å². The molecule has 2 N–H and O–H groups in total. The summed E-state index contributed by atoms with van der Waals surface area (Å²) >= 11 is 0. The van der Waals surface area contributed by atoms with Crippen molar-refractivity contribution in [2.75, 3.05) is 46.6 Å². The SMILES string of the molecule is C1CCOC1.CN1CCCC1.OCCCCO. The molecule has 2 heterocycles. The zero-order valence-corrected chi connectivity index (χ0v) is 11.2. The number of likely N-dealkylation sites (tertiary alicyclic amines) is 1. The largest absolute Gasteiger partial charge is 0.396 e. The number of rotatable bonds is 3. The van der Waals surface area contributed by atoms with E-state index in [9.17, 15) is 0 Å². The lowest BCUT2D eigenvalue weighted by atomic mass is 10.3. The van der Waals surface area contributed by atoms with Crippen LogP contribution in [0.4, 0.5) is 0 Å². The van der Waals surface area contributed by atoms with Crippen molar-refractivity contribution in [3.8, 4) is 0 Å². The molecule has 0 aromatic heterocycles. The second-order valence-electron chi connectivity index (χ2n) is 4.48. The highest BCUT2D eigenvalue weighted by Crippen LogP contribution is 2.02. The molecule has 2 rings (SSSR count). The van der Waals surface area contributed by atoms with E-state index in [0.717, 1.165) is 26.1 Å². The van der Waals surface area contributed by atoms with Gasteiger partial charge in [0.15, 0.2) is 0 Å². The Balaban J connectivity index is 0.000000227. The fourth-order valence-electron chi connectivity index (χ4n) is 1.61. The molecule has 4 heteroatoms. The Morgan fingerprint density at radius 1 is 0.882 bits per heavy atom. The highest BCUT2D eigenvalue weighted by atomic mass is 16.5. The summed E-state index contributed by atoms with van der Waals surface area (Å²) in [6, 6.07) is 0. The molecule has 104 valence electrons. The average Bonchev–Trinajstić information content (AvgIpc) is 3.02. The summed E-state index contributed by atoms with van der Waals surface area (Å²) in [4.78, 5) is 2.36. The first-order chi connectivity index (χ1) is 8.31. The van der Waals surface area contributed by atoms with Gasteiger partial charge in [0.05, 0.1) is 0 Å². The molecule has 0 bridgehead atoms. The molecule has 4 nitrogen and oxygen atoms in total. The number of hydrogen-bond donors (Lipinski definition) is 2. The number of hydrogen-bond acceptors (Lipinski definition) is 4. The van der Waals surface area contributed by atoms with Gasteiger partial charge in [-0.25, -0.2) is 0 Å². The third-order valence-electron chi connectivity index (χ3n) is 2.72. The van der Waals surface area contributed by atoms with Gasteiger partial charge in [0.2, 0.25) is 0 Å². The van der Waals surface area contributed by atoms with Crippen molar-refractivity contribution in [2.24, 2.45) is 0 Å². The van der Waals surface area contributed by atoms with Gasteiger partial charge in [-0.1, -0.05) is 0 Å². The molecule has 0 atom stereocenters. The third-order valence-corrected chi connectivity index (χ3v) is 2.72. The number of aliphatic hydroxyl groups excluding tert-OH is 2. The number of ether oxygens (including phenoxy) is 1. The molecular formula is C13H29NO3. The van der Waals surface area contributed by atoms with Crippen molar-refractivity contribution in [2.45, 2.75) is 38.5 Å². The molecule has 2 aliphatic heterocycles. The fraction of sp³-hybridized carbons (Fsp3) is 1.00. The predicted molar refractivity (Wildman–Crippen MR) is 70.2 cm³/mol. The molecule has 0 aromatic rings. The van der Waals surface area contributed by atoms with E-state index in [4.69, 9.17) is 14.9 Å². The van der Waals surface area contributed by atoms with Crippen LogP contribution in [0, 0.1) is 0 Å². The maximum Gasteiger partial charge on any atom is 0.0466 e. The van der Waals surface area contributed by atoms with Crippen LogP contribution in [0.25, 0.3) is 0 Å². The average molecular weight is 247 g/mol. The molecule has 0 aliphatic carbocycles. The second kappa shape index (κ2) is 13.9. The zero-order valence-electron chi connectivity index (χ0n) is 11.2. The third kappa shape index (κ3) is 13.8. The first-order valence-corrected chi connectivity index (χ1v) is 6.79. The van der Waals surface area contributed by atoms with Crippen LogP contribution < -0.4 is 0 Å². The van der Waals surface area contributed by atoms with E-state index in [1.54, 1.807) is 0 Å². The number of nitrogens with zero attached hydrogens (tertiary/aromatic N) is 1. The molecule has 0 saturated carbocycles. The van der Waals surface area contributed by atoms with Crippen LogP contribution in [-0.4, -0.2) is 61.7 Å². The predicted octanol–water partition coefficient (Wildman–Crippen LogP) is 1.26. The zero-order chi connectivity index (χ0) is 12.8. The van der Waals surface area contributed by atoms with Gasteiger partial charge < -0.3 is 19.8 Å². The van der Waals surface area contributed by atoms with Gasteiger partial charge in [0.1, 0.15) is 0 Å². The standard InChI is InChI=1S/C5H11N.C4H10O2.C4H8O/c1-6-4-2-3-5-6;5-3-1-2-4-6;1-2-4-5-3-1/h2-5H2,1H3;5-6H,1-4H2;1-4H2. The Hall–Kier alpha value is -0.160. The molecule has 0 amide bonds. The lowest BCUT2D eigenvalue weighted by molar-refractivity contribution is 0.198. The van der Waals surface area contributed by atoms with E-state index >= 15 is 0 Å². The van der Waals surface area contributed by atoms with Crippen LogP contribution in [0.3, 0.4) is 0 Å². The van der Waals surface area contributed by atoms with E-state index in [1.165, 1.54) is 38.8 Å². The smallest absolute Gasteiger partial charge is 0.0466 e. The molecular weight excluding hydrogens is 218 g/mol. The summed E-state index contributed by atoms with van der Waals surface area (Å²) in [5.41, 5.74) is 0. The number of unbranched alkanes of at least 4 members (excludes halogenated alkanes) is 1. The normalized spacial score (nSPS) is 19.2. The quantitative estimate of drug-likeness (QED) is 0.737. The van der Waals surface area contributed by atoms with Crippen molar-refractivity contribution in [3.63, 3.8) is 0 Å². The van der Waals surface area contributed by atoms with Crippen LogP contribution in [0.2, 0.25) is 0 Å². The molecule has 0 spiro atoms. The van der Waals surface area contributed by atoms with Crippen LogP contribution in [-0.2, 0) is 4.74 Å².